The lowest BCUT2D eigenvalue weighted by molar-refractivity contribution is -0.0511. The molecule has 3 unspecified atom stereocenters. The van der Waals surface area contributed by atoms with E-state index in [4.69, 9.17) is 4.74 Å². The predicted molar refractivity (Wildman–Crippen MR) is 82.6 cm³/mol. The van der Waals surface area contributed by atoms with Crippen molar-refractivity contribution >= 4 is 0 Å². The van der Waals surface area contributed by atoms with Crippen LogP contribution in [0.4, 0.5) is 0 Å². The number of nitrogens with zero attached hydrogens (tertiary/aromatic N) is 1. The molecule has 1 heterocycles. The van der Waals surface area contributed by atoms with Gasteiger partial charge in [-0.1, -0.05) is 27.7 Å². The molecule has 0 radical (unpaired) electrons. The second-order valence-corrected chi connectivity index (χ2v) is 7.15. The first-order valence-electron chi connectivity index (χ1n) is 7.93. The molecular formula is C16H34N2O. The Morgan fingerprint density at radius 1 is 1.32 bits per heavy atom. The Morgan fingerprint density at radius 2 is 2.00 bits per heavy atom. The van der Waals surface area contributed by atoms with Crippen molar-refractivity contribution in [2.45, 2.75) is 72.6 Å². The zero-order chi connectivity index (χ0) is 14.5. The first-order valence-corrected chi connectivity index (χ1v) is 7.93. The molecule has 1 fully saturated rings. The van der Waals surface area contributed by atoms with E-state index in [0.717, 1.165) is 19.7 Å². The Labute approximate surface area is 120 Å². The van der Waals surface area contributed by atoms with Gasteiger partial charge < -0.3 is 10.1 Å². The Balaban J connectivity index is 2.45. The average Bonchev–Trinajstić information content (AvgIpc) is 2.31. The third-order valence-electron chi connectivity index (χ3n) is 4.13. The van der Waals surface area contributed by atoms with Crippen molar-refractivity contribution in [3.63, 3.8) is 0 Å². The molecule has 0 aromatic rings. The van der Waals surface area contributed by atoms with Crippen LogP contribution in [0.2, 0.25) is 0 Å². The number of ether oxygens (including phenoxy) is 1. The summed E-state index contributed by atoms with van der Waals surface area (Å²) < 4.78 is 5.70. The van der Waals surface area contributed by atoms with Crippen LogP contribution < -0.4 is 5.32 Å². The number of hydrogen-bond acceptors (Lipinski definition) is 3. The molecule has 19 heavy (non-hydrogen) atoms. The molecule has 3 atom stereocenters. The van der Waals surface area contributed by atoms with Crippen LogP contribution in [-0.2, 0) is 4.74 Å². The summed E-state index contributed by atoms with van der Waals surface area (Å²) in [7, 11) is 0. The van der Waals surface area contributed by atoms with E-state index in [2.05, 4.69) is 51.8 Å². The van der Waals surface area contributed by atoms with Gasteiger partial charge in [-0.3, -0.25) is 4.90 Å². The molecule has 0 spiro atoms. The van der Waals surface area contributed by atoms with Gasteiger partial charge in [0.15, 0.2) is 0 Å². The standard InChI is InChI=1S/C16H34N2O/c1-7-9-17-15(16(4,5)6)8-10-18-11-14(3)19-12-13(18)2/h13-15,17H,7-12H2,1-6H3. The van der Waals surface area contributed by atoms with Crippen LogP contribution >= 0.6 is 0 Å². The van der Waals surface area contributed by atoms with Crippen molar-refractivity contribution in [1.29, 1.82) is 0 Å². The molecule has 1 N–H and O–H groups in total. The number of nitrogens with one attached hydrogen (secondary N) is 1. The fourth-order valence-electron chi connectivity index (χ4n) is 2.74. The summed E-state index contributed by atoms with van der Waals surface area (Å²) in [6.07, 6.45) is 2.81. The topological polar surface area (TPSA) is 24.5 Å². The van der Waals surface area contributed by atoms with Gasteiger partial charge in [0.05, 0.1) is 12.7 Å². The highest BCUT2D eigenvalue weighted by Crippen LogP contribution is 2.23. The maximum atomic E-state index is 5.70. The molecule has 1 rings (SSSR count). The van der Waals surface area contributed by atoms with Gasteiger partial charge in [-0.2, -0.15) is 0 Å². The van der Waals surface area contributed by atoms with Crippen LogP contribution in [-0.4, -0.2) is 49.3 Å². The number of rotatable bonds is 6. The third kappa shape index (κ3) is 5.80. The highest BCUT2D eigenvalue weighted by atomic mass is 16.5. The molecule has 0 aromatic heterocycles. The van der Waals surface area contributed by atoms with Gasteiger partial charge in [-0.15, -0.1) is 0 Å². The smallest absolute Gasteiger partial charge is 0.0674 e. The van der Waals surface area contributed by atoms with Gasteiger partial charge in [-0.25, -0.2) is 0 Å². The number of morpholine rings is 1. The third-order valence-corrected chi connectivity index (χ3v) is 4.13. The van der Waals surface area contributed by atoms with Crippen LogP contribution in [0.3, 0.4) is 0 Å². The lowest BCUT2D eigenvalue weighted by atomic mass is 9.84. The van der Waals surface area contributed by atoms with Crippen molar-refractivity contribution in [2.75, 3.05) is 26.2 Å². The van der Waals surface area contributed by atoms with Gasteiger partial charge >= 0.3 is 0 Å². The van der Waals surface area contributed by atoms with Gasteiger partial charge in [0.25, 0.3) is 0 Å². The molecule has 1 saturated heterocycles. The summed E-state index contributed by atoms with van der Waals surface area (Å²) in [4.78, 5) is 2.58. The summed E-state index contributed by atoms with van der Waals surface area (Å²) in [6, 6.07) is 1.15. The molecule has 0 amide bonds. The fourth-order valence-corrected chi connectivity index (χ4v) is 2.74. The summed E-state index contributed by atoms with van der Waals surface area (Å²) >= 11 is 0. The summed E-state index contributed by atoms with van der Waals surface area (Å²) in [5, 5.41) is 3.72. The van der Waals surface area contributed by atoms with Crippen molar-refractivity contribution in [3.8, 4) is 0 Å². The Hall–Kier alpha value is -0.120. The Kier molecular flexibility index (Phi) is 6.78. The van der Waals surface area contributed by atoms with Crippen molar-refractivity contribution in [1.82, 2.24) is 10.2 Å². The minimum Gasteiger partial charge on any atom is -0.376 e. The van der Waals surface area contributed by atoms with Crippen LogP contribution in [0.15, 0.2) is 0 Å². The predicted octanol–water partition coefficient (Wildman–Crippen LogP) is 2.90. The minimum absolute atomic E-state index is 0.330. The first kappa shape index (κ1) is 16.9. The molecule has 0 aromatic carbocycles. The van der Waals surface area contributed by atoms with Crippen molar-refractivity contribution < 1.29 is 4.74 Å². The van der Waals surface area contributed by atoms with E-state index in [-0.39, 0.29) is 0 Å². The van der Waals surface area contributed by atoms with E-state index in [1.165, 1.54) is 19.4 Å². The normalized spacial score (nSPS) is 27.5. The van der Waals surface area contributed by atoms with E-state index in [1.54, 1.807) is 0 Å². The fraction of sp³-hybridized carbons (Fsp3) is 1.00. The van der Waals surface area contributed by atoms with E-state index in [0.29, 0.717) is 23.6 Å². The maximum absolute atomic E-state index is 5.70. The quantitative estimate of drug-likeness (QED) is 0.803. The molecule has 114 valence electrons. The summed E-state index contributed by atoms with van der Waals surface area (Å²) in [6.45, 7) is 18.0. The second kappa shape index (κ2) is 7.61. The summed E-state index contributed by atoms with van der Waals surface area (Å²) in [5.74, 6) is 0. The molecular weight excluding hydrogens is 236 g/mol. The lowest BCUT2D eigenvalue weighted by Crippen LogP contribution is -2.50. The van der Waals surface area contributed by atoms with Gasteiger partial charge in [0.1, 0.15) is 0 Å². The van der Waals surface area contributed by atoms with Crippen LogP contribution in [0, 0.1) is 5.41 Å². The summed E-state index contributed by atoms with van der Waals surface area (Å²) in [5.41, 5.74) is 0.330. The Morgan fingerprint density at radius 3 is 2.58 bits per heavy atom. The highest BCUT2D eigenvalue weighted by Gasteiger charge is 2.27. The van der Waals surface area contributed by atoms with Gasteiger partial charge in [-0.05, 0) is 38.6 Å². The highest BCUT2D eigenvalue weighted by molar-refractivity contribution is 4.83. The minimum atomic E-state index is 0.330. The molecule has 3 heteroatoms. The monoisotopic (exact) mass is 270 g/mol. The SMILES string of the molecule is CCCNC(CCN1CC(C)OCC1C)C(C)(C)C. The zero-order valence-electron chi connectivity index (χ0n) is 13.8. The first-order chi connectivity index (χ1) is 8.84. The zero-order valence-corrected chi connectivity index (χ0v) is 13.8. The molecule has 0 aliphatic carbocycles. The van der Waals surface area contributed by atoms with Gasteiger partial charge in [0.2, 0.25) is 0 Å². The van der Waals surface area contributed by atoms with Crippen LogP contribution in [0.5, 0.6) is 0 Å². The lowest BCUT2D eigenvalue weighted by Gasteiger charge is -2.39. The molecule has 1 aliphatic heterocycles. The van der Waals surface area contributed by atoms with E-state index >= 15 is 0 Å². The molecule has 3 nitrogen and oxygen atoms in total. The van der Waals surface area contributed by atoms with Crippen molar-refractivity contribution in [2.24, 2.45) is 5.41 Å². The van der Waals surface area contributed by atoms with E-state index in [9.17, 15) is 0 Å². The average molecular weight is 270 g/mol. The number of hydrogen-bond donors (Lipinski definition) is 1. The van der Waals surface area contributed by atoms with Crippen molar-refractivity contribution in [3.05, 3.63) is 0 Å². The largest absolute Gasteiger partial charge is 0.376 e. The molecule has 0 saturated carbocycles. The van der Waals surface area contributed by atoms with Crippen LogP contribution in [0.25, 0.3) is 0 Å². The van der Waals surface area contributed by atoms with E-state index in [1.807, 2.05) is 0 Å². The molecule has 1 aliphatic rings. The van der Waals surface area contributed by atoms with E-state index < -0.39 is 0 Å². The van der Waals surface area contributed by atoms with Crippen LogP contribution in [0.1, 0.15) is 54.4 Å². The maximum Gasteiger partial charge on any atom is 0.0674 e. The second-order valence-electron chi connectivity index (χ2n) is 7.15. The molecule has 0 bridgehead atoms. The Bertz CT molecular complexity index is 250. The van der Waals surface area contributed by atoms with Gasteiger partial charge in [0, 0.05) is 25.2 Å².